The van der Waals surface area contributed by atoms with Crippen molar-refractivity contribution in [3.63, 3.8) is 0 Å². The van der Waals surface area contributed by atoms with E-state index in [2.05, 4.69) is 86.4 Å². The molecule has 0 spiro atoms. The highest BCUT2D eigenvalue weighted by molar-refractivity contribution is 7.13. The maximum Gasteiger partial charge on any atom is 0.186 e. The van der Waals surface area contributed by atoms with Gasteiger partial charge in [-0.05, 0) is 49.5 Å². The van der Waals surface area contributed by atoms with Crippen LogP contribution in [-0.4, -0.2) is 93.2 Å². The van der Waals surface area contributed by atoms with Gasteiger partial charge in [-0.15, -0.1) is 11.3 Å². The van der Waals surface area contributed by atoms with Crippen LogP contribution in [0.3, 0.4) is 0 Å². The highest BCUT2D eigenvalue weighted by Gasteiger charge is 2.19. The van der Waals surface area contributed by atoms with Crippen LogP contribution < -0.4 is 14.5 Å². The molecular weight excluding hydrogens is 480 g/mol. The molecule has 2 aliphatic heterocycles. The average Bonchev–Trinajstić information content (AvgIpc) is 3.39. The molecule has 0 aliphatic carbocycles. The monoisotopic (exact) mass is 520 g/mol. The molecule has 0 radical (unpaired) electrons. The van der Waals surface area contributed by atoms with Crippen LogP contribution in [0.15, 0.2) is 53.9 Å². The normalized spacial score (nSPS) is 17.8. The van der Waals surface area contributed by atoms with E-state index in [1.807, 2.05) is 6.07 Å². The van der Waals surface area contributed by atoms with Crippen molar-refractivity contribution in [3.8, 4) is 5.75 Å². The van der Waals surface area contributed by atoms with Crippen LogP contribution in [0.25, 0.3) is 0 Å². The smallest absolute Gasteiger partial charge is 0.186 e. The molecule has 2 aromatic carbocycles. The number of aromatic nitrogens is 1. The Labute approximate surface area is 225 Å². The minimum Gasteiger partial charge on any atom is -0.497 e. The number of hydrogen-bond acceptors (Lipinski definition) is 8. The summed E-state index contributed by atoms with van der Waals surface area (Å²) in [6, 6.07) is 17.4. The quantitative estimate of drug-likeness (QED) is 0.424. The molecule has 2 aliphatic rings. The van der Waals surface area contributed by atoms with Gasteiger partial charge in [0.25, 0.3) is 0 Å². The lowest BCUT2D eigenvalue weighted by atomic mass is 10.1. The van der Waals surface area contributed by atoms with Crippen molar-refractivity contribution < 1.29 is 4.74 Å². The second kappa shape index (κ2) is 12.3. The summed E-state index contributed by atoms with van der Waals surface area (Å²) in [5.41, 5.74) is 5.04. The number of thiazole rings is 1. The number of likely N-dealkylation sites (N-methyl/N-ethyl adjacent to an activating group) is 2. The molecule has 0 N–H and O–H groups in total. The Balaban J connectivity index is 1.34. The number of anilines is 2. The summed E-state index contributed by atoms with van der Waals surface area (Å²) >= 11 is 1.76. The van der Waals surface area contributed by atoms with E-state index in [0.29, 0.717) is 0 Å². The largest absolute Gasteiger partial charge is 0.497 e. The number of nitrogens with zero attached hydrogens (tertiary/aromatic N) is 6. The van der Waals surface area contributed by atoms with Gasteiger partial charge in [0.05, 0.1) is 12.8 Å². The Morgan fingerprint density at radius 2 is 1.49 bits per heavy atom. The zero-order chi connectivity index (χ0) is 25.6. The van der Waals surface area contributed by atoms with Crippen molar-refractivity contribution in [3.05, 3.63) is 70.7 Å². The SMILES string of the molecule is COc1cccc(CN(Cc2cccc(N3CCN(C)CC3)c2)c2nc(CN3CCN(C)CC3)cs2)c1. The molecule has 3 aromatic rings. The number of hydrogen-bond donors (Lipinski definition) is 0. The summed E-state index contributed by atoms with van der Waals surface area (Å²) < 4.78 is 5.50. The van der Waals surface area contributed by atoms with Crippen molar-refractivity contribution in [2.24, 2.45) is 0 Å². The van der Waals surface area contributed by atoms with Gasteiger partial charge in [-0.3, -0.25) is 4.90 Å². The van der Waals surface area contributed by atoms with E-state index in [9.17, 15) is 0 Å². The Bertz CT molecular complexity index is 1140. The number of rotatable bonds is 9. The Kier molecular flexibility index (Phi) is 8.61. The van der Waals surface area contributed by atoms with Gasteiger partial charge < -0.3 is 24.3 Å². The van der Waals surface area contributed by atoms with Gasteiger partial charge in [0.15, 0.2) is 5.13 Å². The number of ether oxygens (including phenoxy) is 1. The molecule has 0 bridgehead atoms. The summed E-state index contributed by atoms with van der Waals surface area (Å²) in [6.07, 6.45) is 0. The third-order valence-electron chi connectivity index (χ3n) is 7.45. The molecule has 2 saturated heterocycles. The second-order valence-electron chi connectivity index (χ2n) is 10.4. The fraction of sp³-hybridized carbons (Fsp3) is 0.483. The summed E-state index contributed by atoms with van der Waals surface area (Å²) in [4.78, 5) is 17.4. The zero-order valence-corrected chi connectivity index (χ0v) is 23.3. The summed E-state index contributed by atoms with van der Waals surface area (Å²) in [5.74, 6) is 0.893. The first-order valence-corrected chi connectivity index (χ1v) is 14.2. The number of benzene rings is 2. The predicted molar refractivity (Wildman–Crippen MR) is 154 cm³/mol. The van der Waals surface area contributed by atoms with Crippen LogP contribution in [0, 0.1) is 0 Å². The molecule has 0 atom stereocenters. The predicted octanol–water partition coefficient (Wildman–Crippen LogP) is 3.86. The molecule has 0 amide bonds. The maximum atomic E-state index is 5.50. The first-order valence-electron chi connectivity index (χ1n) is 13.3. The molecule has 37 heavy (non-hydrogen) atoms. The molecule has 198 valence electrons. The average molecular weight is 521 g/mol. The highest BCUT2D eigenvalue weighted by Crippen LogP contribution is 2.28. The first-order chi connectivity index (χ1) is 18.1. The van der Waals surface area contributed by atoms with E-state index in [1.54, 1.807) is 18.4 Å². The highest BCUT2D eigenvalue weighted by atomic mass is 32.1. The van der Waals surface area contributed by atoms with Crippen molar-refractivity contribution in [2.45, 2.75) is 19.6 Å². The van der Waals surface area contributed by atoms with Crippen molar-refractivity contribution in [1.82, 2.24) is 19.7 Å². The van der Waals surface area contributed by atoms with E-state index in [1.165, 1.54) is 22.5 Å². The van der Waals surface area contributed by atoms with Gasteiger partial charge in [0, 0.05) is 83.1 Å². The molecule has 0 saturated carbocycles. The molecule has 1 aromatic heterocycles. The zero-order valence-electron chi connectivity index (χ0n) is 22.5. The van der Waals surface area contributed by atoms with Crippen LogP contribution in [-0.2, 0) is 19.6 Å². The van der Waals surface area contributed by atoms with E-state index < -0.39 is 0 Å². The van der Waals surface area contributed by atoms with Crippen LogP contribution in [0.4, 0.5) is 10.8 Å². The minimum absolute atomic E-state index is 0.789. The van der Waals surface area contributed by atoms with Crippen LogP contribution in [0.2, 0.25) is 0 Å². The second-order valence-corrected chi connectivity index (χ2v) is 11.2. The molecular formula is C29H40N6OS. The van der Waals surface area contributed by atoms with E-state index in [-0.39, 0.29) is 0 Å². The molecule has 2 fully saturated rings. The Morgan fingerprint density at radius 3 is 2.19 bits per heavy atom. The third-order valence-corrected chi connectivity index (χ3v) is 8.40. The summed E-state index contributed by atoms with van der Waals surface area (Å²) in [5, 5.41) is 3.32. The van der Waals surface area contributed by atoms with Gasteiger partial charge in [-0.1, -0.05) is 24.3 Å². The van der Waals surface area contributed by atoms with Gasteiger partial charge in [-0.2, -0.15) is 0 Å². The van der Waals surface area contributed by atoms with Gasteiger partial charge in [-0.25, -0.2) is 4.98 Å². The van der Waals surface area contributed by atoms with Gasteiger partial charge in [0.2, 0.25) is 0 Å². The third kappa shape index (κ3) is 7.02. The fourth-order valence-corrected chi connectivity index (χ4v) is 5.88. The number of methoxy groups -OCH3 is 1. The lowest BCUT2D eigenvalue weighted by molar-refractivity contribution is 0.147. The molecule has 8 heteroatoms. The standard InChI is InChI=1S/C29H40N6OS/c1-31-10-14-33(15-11-31)22-26-23-37-29(30-26)35(21-25-7-5-9-28(19-25)36-3)20-24-6-4-8-27(18-24)34-16-12-32(2)13-17-34/h4-9,18-19,23H,10-17,20-22H2,1-3H3. The van der Waals surface area contributed by atoms with Gasteiger partial charge >= 0.3 is 0 Å². The maximum absolute atomic E-state index is 5.50. The van der Waals surface area contributed by atoms with Crippen molar-refractivity contribution in [1.29, 1.82) is 0 Å². The van der Waals surface area contributed by atoms with Crippen LogP contribution in [0.1, 0.15) is 16.8 Å². The number of piperazine rings is 2. The summed E-state index contributed by atoms with van der Waals surface area (Å²) in [7, 11) is 6.13. The molecule has 0 unspecified atom stereocenters. The summed E-state index contributed by atoms with van der Waals surface area (Å²) in [6.45, 7) is 11.4. The van der Waals surface area contributed by atoms with Crippen molar-refractivity contribution >= 4 is 22.2 Å². The molecule has 7 nitrogen and oxygen atoms in total. The van der Waals surface area contributed by atoms with E-state index in [4.69, 9.17) is 9.72 Å². The Morgan fingerprint density at radius 1 is 0.838 bits per heavy atom. The lowest BCUT2D eigenvalue weighted by Crippen LogP contribution is -2.44. The fourth-order valence-electron chi connectivity index (χ4n) is 5.07. The minimum atomic E-state index is 0.789. The Hall–Kier alpha value is -2.65. The van der Waals surface area contributed by atoms with Crippen LogP contribution in [0.5, 0.6) is 5.75 Å². The first kappa shape index (κ1) is 26.0. The topological polar surface area (TPSA) is 38.3 Å². The van der Waals surface area contributed by atoms with E-state index in [0.717, 1.165) is 82.9 Å². The van der Waals surface area contributed by atoms with E-state index >= 15 is 0 Å². The lowest BCUT2D eigenvalue weighted by Gasteiger charge is -2.34. The van der Waals surface area contributed by atoms with Crippen molar-refractivity contribution in [2.75, 3.05) is 83.4 Å². The molecule has 5 rings (SSSR count). The van der Waals surface area contributed by atoms with Gasteiger partial charge in [0.1, 0.15) is 5.75 Å². The molecule has 3 heterocycles. The van der Waals surface area contributed by atoms with Crippen LogP contribution >= 0.6 is 11.3 Å².